The van der Waals surface area contributed by atoms with Crippen molar-refractivity contribution in [3.8, 4) is 22.5 Å². The van der Waals surface area contributed by atoms with E-state index in [-0.39, 0.29) is 0 Å². The van der Waals surface area contributed by atoms with Crippen LogP contribution in [-0.4, -0.2) is 9.97 Å². The first kappa shape index (κ1) is 23.1. The van der Waals surface area contributed by atoms with E-state index in [1.807, 2.05) is 0 Å². The van der Waals surface area contributed by atoms with Gasteiger partial charge in [-0.15, -0.1) is 0 Å². The highest BCUT2D eigenvalue weighted by atomic mass is 14.7. The van der Waals surface area contributed by atoms with Crippen LogP contribution in [0.5, 0.6) is 0 Å². The minimum Gasteiger partial charge on any atom is -0.247 e. The first-order valence-electron chi connectivity index (χ1n) is 14.3. The zero-order chi connectivity index (χ0) is 27.6. The number of hydrogen-bond donors (Lipinski definition) is 0. The van der Waals surface area contributed by atoms with Crippen LogP contribution in [0.3, 0.4) is 0 Å². The number of benzene rings is 7. The lowest BCUT2D eigenvalue weighted by molar-refractivity contribution is 1.41. The molecule has 0 saturated heterocycles. The molecule has 0 atom stereocenters. The predicted octanol–water partition coefficient (Wildman–Crippen LogP) is 10.7. The number of rotatable bonds is 2. The van der Waals surface area contributed by atoms with Crippen molar-refractivity contribution in [3.63, 3.8) is 0 Å². The van der Waals surface area contributed by atoms with Crippen LogP contribution < -0.4 is 0 Å². The first-order valence-corrected chi connectivity index (χ1v) is 14.3. The molecule has 7 aromatic carbocycles. The second kappa shape index (κ2) is 8.95. The van der Waals surface area contributed by atoms with Gasteiger partial charge in [0, 0.05) is 43.4 Å². The van der Waals surface area contributed by atoms with Gasteiger partial charge in [-0.1, -0.05) is 127 Å². The topological polar surface area (TPSA) is 25.8 Å². The minimum atomic E-state index is 0.992. The van der Waals surface area contributed by atoms with E-state index in [1.54, 1.807) is 0 Å². The third-order valence-corrected chi connectivity index (χ3v) is 8.59. The molecule has 2 heterocycles. The van der Waals surface area contributed by atoms with Gasteiger partial charge in [-0.2, -0.15) is 0 Å². The molecular formula is C40H24N2. The fraction of sp³-hybridized carbons (Fsp3) is 0. The van der Waals surface area contributed by atoms with Crippen LogP contribution in [-0.2, 0) is 0 Å². The monoisotopic (exact) mass is 532 g/mol. The van der Waals surface area contributed by atoms with Crippen molar-refractivity contribution in [1.82, 2.24) is 9.97 Å². The zero-order valence-corrected chi connectivity index (χ0v) is 22.8. The van der Waals surface area contributed by atoms with Crippen molar-refractivity contribution in [1.29, 1.82) is 0 Å². The summed E-state index contributed by atoms with van der Waals surface area (Å²) in [5.74, 6) is 0. The smallest absolute Gasteiger partial charge is 0.0788 e. The Hall–Kier alpha value is -5.60. The molecule has 0 N–H and O–H groups in total. The Labute approximate surface area is 242 Å². The van der Waals surface area contributed by atoms with Crippen molar-refractivity contribution in [3.05, 3.63) is 146 Å². The maximum atomic E-state index is 5.25. The van der Waals surface area contributed by atoms with Crippen LogP contribution in [0.4, 0.5) is 0 Å². The highest BCUT2D eigenvalue weighted by Gasteiger charge is 2.16. The van der Waals surface area contributed by atoms with Crippen molar-refractivity contribution in [2.45, 2.75) is 0 Å². The summed E-state index contributed by atoms with van der Waals surface area (Å²) in [7, 11) is 0. The fourth-order valence-electron chi connectivity index (χ4n) is 6.70. The molecule has 9 aromatic rings. The molecule has 0 spiro atoms. The molecule has 0 fully saturated rings. The van der Waals surface area contributed by atoms with Crippen LogP contribution in [0.15, 0.2) is 146 Å². The first-order chi connectivity index (χ1) is 20.8. The summed E-state index contributed by atoms with van der Waals surface area (Å²) < 4.78 is 0. The Morgan fingerprint density at radius 1 is 0.310 bits per heavy atom. The van der Waals surface area contributed by atoms with E-state index in [4.69, 9.17) is 9.97 Å². The second-order valence-corrected chi connectivity index (χ2v) is 11.0. The van der Waals surface area contributed by atoms with Gasteiger partial charge in [0.05, 0.1) is 22.4 Å². The van der Waals surface area contributed by atoms with Crippen molar-refractivity contribution < 1.29 is 0 Å². The Morgan fingerprint density at radius 3 is 1.24 bits per heavy atom. The number of para-hydroxylation sites is 2. The van der Waals surface area contributed by atoms with E-state index in [0.29, 0.717) is 0 Å². The summed E-state index contributed by atoms with van der Waals surface area (Å²) in [5.41, 5.74) is 6.16. The Kier molecular flexibility index (Phi) is 4.93. The molecule has 0 unspecified atom stereocenters. The van der Waals surface area contributed by atoms with Crippen LogP contribution in [0.2, 0.25) is 0 Å². The Morgan fingerprint density at radius 2 is 0.738 bits per heavy atom. The number of nitrogens with zero attached hydrogens (tertiary/aromatic N) is 2. The third-order valence-electron chi connectivity index (χ3n) is 8.59. The molecule has 42 heavy (non-hydrogen) atoms. The molecule has 0 bridgehead atoms. The van der Waals surface area contributed by atoms with Crippen molar-refractivity contribution in [2.75, 3.05) is 0 Å². The number of aromatic nitrogens is 2. The molecule has 2 nitrogen and oxygen atoms in total. The van der Waals surface area contributed by atoms with E-state index in [1.165, 1.54) is 43.1 Å². The van der Waals surface area contributed by atoms with Crippen LogP contribution in [0.1, 0.15) is 0 Å². The van der Waals surface area contributed by atoms with E-state index < -0.39 is 0 Å². The number of hydrogen-bond acceptors (Lipinski definition) is 2. The summed E-state index contributed by atoms with van der Waals surface area (Å²) in [6, 6.07) is 51.9. The van der Waals surface area contributed by atoms with Gasteiger partial charge in [-0.3, -0.25) is 0 Å². The Balaban J connectivity index is 1.35. The summed E-state index contributed by atoms with van der Waals surface area (Å²) >= 11 is 0. The molecule has 0 aliphatic carbocycles. The number of fused-ring (bicyclic) bond motifs is 10. The summed E-state index contributed by atoms with van der Waals surface area (Å²) in [4.78, 5) is 10.5. The standard InChI is InChI=1S/C40H24N2/c1-3-14-29-25(10-1)20-22-33-37(29)31-16-5-7-18-35(31)41-39(33)27-12-9-13-28(24-27)40-34-23-21-26-11-2-4-15-30(26)38(34)32-17-6-8-19-36(32)42-40/h1-24H. The van der Waals surface area contributed by atoms with Crippen LogP contribution >= 0.6 is 0 Å². The lowest BCUT2D eigenvalue weighted by Gasteiger charge is -2.15. The number of pyridine rings is 2. The molecule has 0 saturated carbocycles. The zero-order valence-electron chi connectivity index (χ0n) is 22.8. The quantitative estimate of drug-likeness (QED) is 0.207. The highest BCUT2D eigenvalue weighted by molar-refractivity contribution is 6.24. The minimum absolute atomic E-state index is 0.992. The summed E-state index contributed by atoms with van der Waals surface area (Å²) in [5, 5.41) is 12.1. The molecule has 2 aromatic heterocycles. The SMILES string of the molecule is c1cc(-c2nc3ccccc3c3c2ccc2ccccc23)cc(-c2nc3ccccc3c3c2ccc2ccccc23)c1. The normalized spacial score (nSPS) is 11.8. The average molecular weight is 533 g/mol. The van der Waals surface area contributed by atoms with Gasteiger partial charge >= 0.3 is 0 Å². The lowest BCUT2D eigenvalue weighted by atomic mass is 9.93. The van der Waals surface area contributed by atoms with Gasteiger partial charge in [0.15, 0.2) is 0 Å². The average Bonchev–Trinajstić information content (AvgIpc) is 3.07. The molecular weight excluding hydrogens is 508 g/mol. The molecule has 194 valence electrons. The third kappa shape index (κ3) is 3.39. The summed E-state index contributed by atoms with van der Waals surface area (Å²) in [6.07, 6.45) is 0. The predicted molar refractivity (Wildman–Crippen MR) is 178 cm³/mol. The highest BCUT2D eigenvalue weighted by Crippen LogP contribution is 2.40. The maximum Gasteiger partial charge on any atom is 0.0788 e. The van der Waals surface area contributed by atoms with Gasteiger partial charge in [0.1, 0.15) is 0 Å². The molecule has 0 aliphatic heterocycles. The van der Waals surface area contributed by atoms with Crippen molar-refractivity contribution in [2.24, 2.45) is 0 Å². The molecule has 0 amide bonds. The second-order valence-electron chi connectivity index (χ2n) is 11.0. The van der Waals surface area contributed by atoms with E-state index in [2.05, 4.69) is 146 Å². The summed E-state index contributed by atoms with van der Waals surface area (Å²) in [6.45, 7) is 0. The van der Waals surface area contributed by atoms with E-state index in [9.17, 15) is 0 Å². The lowest BCUT2D eigenvalue weighted by Crippen LogP contribution is -1.93. The molecule has 9 rings (SSSR count). The van der Waals surface area contributed by atoms with Gasteiger partial charge in [0.25, 0.3) is 0 Å². The molecule has 0 aliphatic rings. The Bertz CT molecular complexity index is 2320. The van der Waals surface area contributed by atoms with Gasteiger partial charge in [0.2, 0.25) is 0 Å². The largest absolute Gasteiger partial charge is 0.247 e. The fourth-order valence-corrected chi connectivity index (χ4v) is 6.70. The van der Waals surface area contributed by atoms with Crippen LogP contribution in [0.25, 0.3) is 87.4 Å². The molecule has 0 radical (unpaired) electrons. The maximum absolute atomic E-state index is 5.25. The van der Waals surface area contributed by atoms with Gasteiger partial charge in [-0.25, -0.2) is 9.97 Å². The molecule has 2 heteroatoms. The van der Waals surface area contributed by atoms with Gasteiger partial charge in [-0.05, 0) is 39.7 Å². The van der Waals surface area contributed by atoms with E-state index >= 15 is 0 Å². The van der Waals surface area contributed by atoms with Crippen LogP contribution in [0, 0.1) is 0 Å². The van der Waals surface area contributed by atoms with Crippen molar-refractivity contribution >= 4 is 64.9 Å². The van der Waals surface area contributed by atoms with Gasteiger partial charge < -0.3 is 0 Å². The van der Waals surface area contributed by atoms with E-state index in [0.717, 1.165) is 44.3 Å².